The predicted molar refractivity (Wildman–Crippen MR) is 60.8 cm³/mol. The summed E-state index contributed by atoms with van der Waals surface area (Å²) in [6.45, 7) is 1.24. The number of sulfonamides is 1. The summed E-state index contributed by atoms with van der Waals surface area (Å²) in [6, 6.07) is 3.32. The van der Waals surface area contributed by atoms with E-state index in [0.29, 0.717) is 0 Å². The number of rotatable bonds is 4. The van der Waals surface area contributed by atoms with Crippen LogP contribution in [0.3, 0.4) is 0 Å². The van der Waals surface area contributed by atoms with Crippen molar-refractivity contribution >= 4 is 21.7 Å². The number of halogens is 1. The first-order chi connectivity index (χ1) is 7.73. The maximum Gasteiger partial charge on any atom is 0.327 e. The predicted octanol–water partition coefficient (Wildman–Crippen LogP) is 1.06. The monoisotopic (exact) mass is 261 g/mol. The molecule has 1 aromatic rings. The Morgan fingerprint density at radius 2 is 1.82 bits per heavy atom. The summed E-state index contributed by atoms with van der Waals surface area (Å²) in [4.78, 5) is 10.8. The van der Waals surface area contributed by atoms with Gasteiger partial charge in [0.05, 0.1) is 11.9 Å². The van der Waals surface area contributed by atoms with E-state index in [1.165, 1.54) is 19.1 Å². The van der Waals surface area contributed by atoms with E-state index >= 15 is 0 Å². The molecule has 94 valence electrons. The van der Waals surface area contributed by atoms with Crippen LogP contribution in [0, 0.1) is 5.82 Å². The number of hydrogen-bond acceptors (Lipinski definition) is 3. The molecule has 17 heavy (non-hydrogen) atoms. The van der Waals surface area contributed by atoms with Gasteiger partial charge in [-0.15, -0.1) is 0 Å². The van der Waals surface area contributed by atoms with Gasteiger partial charge in [-0.2, -0.15) is 0 Å². The summed E-state index contributed by atoms with van der Waals surface area (Å²) < 4.78 is 36.5. The van der Waals surface area contributed by atoms with E-state index in [4.69, 9.17) is 5.11 Å². The SMILES string of the molecule is CC(C(=O)O)N(c1ccc(F)cc1)S(C)(=O)=O. The minimum Gasteiger partial charge on any atom is -0.480 e. The van der Waals surface area contributed by atoms with Crippen LogP contribution in [-0.2, 0) is 14.8 Å². The van der Waals surface area contributed by atoms with Gasteiger partial charge in [0.25, 0.3) is 0 Å². The van der Waals surface area contributed by atoms with E-state index in [1.54, 1.807) is 0 Å². The molecule has 1 atom stereocenters. The molecule has 0 saturated carbocycles. The number of aliphatic carboxylic acids is 1. The molecule has 0 fully saturated rings. The first-order valence-corrected chi connectivity index (χ1v) is 6.56. The summed E-state index contributed by atoms with van der Waals surface area (Å²) in [5.74, 6) is -1.80. The molecule has 0 radical (unpaired) electrons. The summed E-state index contributed by atoms with van der Waals surface area (Å²) in [7, 11) is -3.75. The standard InChI is InChI=1S/C10H12FNO4S/c1-7(10(13)14)12(17(2,15)16)9-5-3-8(11)4-6-9/h3-7H,1-2H3,(H,13,14). The number of carboxylic acid groups (broad SMARTS) is 1. The average Bonchev–Trinajstić information content (AvgIpc) is 2.19. The molecule has 1 unspecified atom stereocenters. The van der Waals surface area contributed by atoms with Crippen LogP contribution in [0.2, 0.25) is 0 Å². The summed E-state index contributed by atoms with van der Waals surface area (Å²) in [6.07, 6.45) is 0.899. The maximum atomic E-state index is 12.7. The highest BCUT2D eigenvalue weighted by atomic mass is 32.2. The topological polar surface area (TPSA) is 74.7 Å². The van der Waals surface area contributed by atoms with Crippen molar-refractivity contribution in [2.45, 2.75) is 13.0 Å². The molecule has 0 bridgehead atoms. The molecule has 1 N–H and O–H groups in total. The summed E-state index contributed by atoms with van der Waals surface area (Å²) >= 11 is 0. The molecule has 0 amide bonds. The van der Waals surface area contributed by atoms with E-state index in [-0.39, 0.29) is 5.69 Å². The van der Waals surface area contributed by atoms with Gasteiger partial charge in [-0.05, 0) is 31.2 Å². The highest BCUT2D eigenvalue weighted by Gasteiger charge is 2.28. The molecule has 0 aliphatic heterocycles. The lowest BCUT2D eigenvalue weighted by Crippen LogP contribution is -2.42. The molecular formula is C10H12FNO4S. The van der Waals surface area contributed by atoms with Gasteiger partial charge in [-0.3, -0.25) is 4.31 Å². The van der Waals surface area contributed by atoms with E-state index in [0.717, 1.165) is 22.7 Å². The molecule has 1 rings (SSSR count). The van der Waals surface area contributed by atoms with Gasteiger partial charge >= 0.3 is 5.97 Å². The number of benzene rings is 1. The zero-order valence-corrected chi connectivity index (χ0v) is 10.1. The molecule has 7 heteroatoms. The molecule has 0 heterocycles. The molecule has 5 nitrogen and oxygen atoms in total. The van der Waals surface area contributed by atoms with Gasteiger partial charge in [0, 0.05) is 0 Å². The van der Waals surface area contributed by atoms with Crippen LogP contribution in [0.25, 0.3) is 0 Å². The molecule has 0 aromatic heterocycles. The second-order valence-corrected chi connectivity index (χ2v) is 5.41. The van der Waals surface area contributed by atoms with E-state index in [2.05, 4.69) is 0 Å². The van der Waals surface area contributed by atoms with Crippen molar-refractivity contribution in [2.75, 3.05) is 10.6 Å². The van der Waals surface area contributed by atoms with E-state index < -0.39 is 27.9 Å². The van der Waals surface area contributed by atoms with Crippen molar-refractivity contribution in [3.8, 4) is 0 Å². The normalized spacial score (nSPS) is 13.1. The van der Waals surface area contributed by atoms with Crippen LogP contribution < -0.4 is 4.31 Å². The number of anilines is 1. The van der Waals surface area contributed by atoms with Crippen LogP contribution in [0.15, 0.2) is 24.3 Å². The van der Waals surface area contributed by atoms with E-state index in [9.17, 15) is 17.6 Å². The van der Waals surface area contributed by atoms with E-state index in [1.807, 2.05) is 0 Å². The Labute approximate surface area is 98.5 Å². The Morgan fingerprint density at radius 1 is 1.35 bits per heavy atom. The first-order valence-electron chi connectivity index (χ1n) is 4.71. The minimum atomic E-state index is -3.75. The maximum absolute atomic E-state index is 12.7. The number of hydrogen-bond donors (Lipinski definition) is 1. The van der Waals surface area contributed by atoms with Crippen LogP contribution >= 0.6 is 0 Å². The van der Waals surface area contributed by atoms with Crippen LogP contribution in [-0.4, -0.2) is 31.8 Å². The highest BCUT2D eigenvalue weighted by Crippen LogP contribution is 2.20. The largest absolute Gasteiger partial charge is 0.480 e. The zero-order chi connectivity index (χ0) is 13.2. The minimum absolute atomic E-state index is 0.115. The molecule has 0 saturated heterocycles. The van der Waals surface area contributed by atoms with Crippen molar-refractivity contribution in [1.29, 1.82) is 0 Å². The number of carbonyl (C=O) groups is 1. The molecule has 1 aromatic carbocycles. The first kappa shape index (κ1) is 13.4. The second-order valence-electron chi connectivity index (χ2n) is 3.55. The summed E-state index contributed by atoms with van der Waals surface area (Å²) in [5, 5.41) is 8.85. The quantitative estimate of drug-likeness (QED) is 0.879. The van der Waals surface area contributed by atoms with Crippen LogP contribution in [0.4, 0.5) is 10.1 Å². The van der Waals surface area contributed by atoms with Gasteiger partial charge in [-0.25, -0.2) is 17.6 Å². The van der Waals surface area contributed by atoms with Crippen molar-refractivity contribution < 1.29 is 22.7 Å². The van der Waals surface area contributed by atoms with Crippen molar-refractivity contribution in [3.63, 3.8) is 0 Å². The van der Waals surface area contributed by atoms with Gasteiger partial charge < -0.3 is 5.11 Å². The molecule has 0 spiro atoms. The Balaban J connectivity index is 3.25. The third-order valence-corrected chi connectivity index (χ3v) is 3.39. The lowest BCUT2D eigenvalue weighted by Gasteiger charge is -2.26. The lowest BCUT2D eigenvalue weighted by atomic mass is 10.2. The van der Waals surface area contributed by atoms with Crippen LogP contribution in [0.5, 0.6) is 0 Å². The summed E-state index contributed by atoms with van der Waals surface area (Å²) in [5.41, 5.74) is 0.115. The van der Waals surface area contributed by atoms with Crippen LogP contribution in [0.1, 0.15) is 6.92 Å². The highest BCUT2D eigenvalue weighted by molar-refractivity contribution is 7.92. The van der Waals surface area contributed by atoms with Gasteiger partial charge in [0.15, 0.2) is 0 Å². The third-order valence-electron chi connectivity index (χ3n) is 2.15. The molecule has 0 aliphatic carbocycles. The number of carboxylic acids is 1. The van der Waals surface area contributed by atoms with Crippen molar-refractivity contribution in [3.05, 3.63) is 30.1 Å². The number of nitrogens with zero attached hydrogens (tertiary/aromatic N) is 1. The fourth-order valence-electron chi connectivity index (χ4n) is 1.39. The third kappa shape index (κ3) is 3.16. The second kappa shape index (κ2) is 4.70. The average molecular weight is 261 g/mol. The lowest BCUT2D eigenvalue weighted by molar-refractivity contribution is -0.137. The fourth-order valence-corrected chi connectivity index (χ4v) is 2.56. The van der Waals surface area contributed by atoms with Gasteiger partial charge in [0.1, 0.15) is 11.9 Å². The Hall–Kier alpha value is -1.63. The smallest absolute Gasteiger partial charge is 0.327 e. The molecular weight excluding hydrogens is 249 g/mol. The van der Waals surface area contributed by atoms with Crippen molar-refractivity contribution in [1.82, 2.24) is 0 Å². The van der Waals surface area contributed by atoms with Crippen molar-refractivity contribution in [2.24, 2.45) is 0 Å². The Kier molecular flexibility index (Phi) is 3.72. The molecule has 0 aliphatic rings. The Bertz CT molecular complexity index is 512. The Morgan fingerprint density at radius 3 is 2.18 bits per heavy atom. The van der Waals surface area contributed by atoms with Gasteiger partial charge in [-0.1, -0.05) is 0 Å². The fraction of sp³-hybridized carbons (Fsp3) is 0.300. The zero-order valence-electron chi connectivity index (χ0n) is 9.29. The van der Waals surface area contributed by atoms with Gasteiger partial charge in [0.2, 0.25) is 10.0 Å².